The van der Waals surface area contributed by atoms with E-state index >= 15 is 0 Å². The van der Waals surface area contributed by atoms with Crippen molar-refractivity contribution < 1.29 is 44.4 Å². The van der Waals surface area contributed by atoms with Gasteiger partial charge in [-0.05, 0) is 61.5 Å². The summed E-state index contributed by atoms with van der Waals surface area (Å²) in [5.41, 5.74) is 7.18. The minimum atomic E-state index is -1.53. The van der Waals surface area contributed by atoms with Crippen LogP contribution in [-0.4, -0.2) is 180 Å². The van der Waals surface area contributed by atoms with Crippen LogP contribution in [0.2, 0.25) is 0 Å². The first-order valence-electron chi connectivity index (χ1n) is 20.7. The van der Waals surface area contributed by atoms with Gasteiger partial charge >= 0.3 is 11.9 Å². The molecule has 344 valence electrons. The molecule has 2 aromatic carbocycles. The number of nitrogens with one attached hydrogen (secondary N) is 5. The van der Waals surface area contributed by atoms with Gasteiger partial charge in [0.1, 0.15) is 6.04 Å². The van der Waals surface area contributed by atoms with Crippen molar-refractivity contribution in [2.45, 2.75) is 38.6 Å². The molecule has 4 aromatic rings. The van der Waals surface area contributed by atoms with E-state index in [1.807, 2.05) is 21.6 Å². The van der Waals surface area contributed by atoms with Gasteiger partial charge in [0.15, 0.2) is 17.5 Å². The number of carboxylic acid groups (broad SMARTS) is 2. The van der Waals surface area contributed by atoms with E-state index in [0.717, 1.165) is 6.54 Å². The number of H-pyrrole nitrogens is 1. The smallest absolute Gasteiger partial charge is 0.317 e. The summed E-state index contributed by atoms with van der Waals surface area (Å²) in [6, 6.07) is 11.3. The van der Waals surface area contributed by atoms with Crippen molar-refractivity contribution in [2.24, 2.45) is 0 Å². The lowest BCUT2D eigenvalue weighted by atomic mass is 10.1. The quantitative estimate of drug-likeness (QED) is 0.0540. The van der Waals surface area contributed by atoms with Crippen molar-refractivity contribution in [1.82, 2.24) is 44.9 Å². The van der Waals surface area contributed by atoms with E-state index in [9.17, 15) is 49.2 Å². The Morgan fingerprint density at radius 1 is 0.766 bits per heavy atom. The van der Waals surface area contributed by atoms with Gasteiger partial charge in [-0.1, -0.05) is 6.92 Å². The molecule has 2 aromatic heterocycles. The summed E-state index contributed by atoms with van der Waals surface area (Å²) in [6.07, 6.45) is -0.668. The summed E-state index contributed by atoms with van der Waals surface area (Å²) >= 11 is 0. The third-order valence-corrected chi connectivity index (χ3v) is 10.3. The van der Waals surface area contributed by atoms with Crippen molar-refractivity contribution in [3.8, 4) is 0 Å². The lowest BCUT2D eigenvalue weighted by Crippen LogP contribution is -2.49. The number of aromatic nitrogens is 4. The Balaban J connectivity index is 1.15. The maximum absolute atomic E-state index is 13.4. The third-order valence-electron chi connectivity index (χ3n) is 10.3. The van der Waals surface area contributed by atoms with E-state index < -0.39 is 48.1 Å². The highest BCUT2D eigenvalue weighted by Gasteiger charge is 2.24. The molecule has 64 heavy (non-hydrogen) atoms. The van der Waals surface area contributed by atoms with Crippen molar-refractivity contribution in [1.29, 1.82) is 0 Å². The lowest BCUT2D eigenvalue weighted by Gasteiger charge is -2.33. The number of rotatable bonds is 18. The number of nitrogen functional groups attached to an aromatic ring is 1. The summed E-state index contributed by atoms with van der Waals surface area (Å²) in [7, 11) is 0. The fourth-order valence-corrected chi connectivity index (χ4v) is 6.85. The van der Waals surface area contributed by atoms with Crippen molar-refractivity contribution in [3.63, 3.8) is 0 Å². The van der Waals surface area contributed by atoms with Crippen molar-refractivity contribution in [2.75, 3.05) is 100 Å². The molecule has 3 heterocycles. The van der Waals surface area contributed by atoms with Crippen LogP contribution in [0.25, 0.3) is 11.2 Å². The standard InChI is InChI=1S/C41H55N13O10/c1-2-51-13-15-53(24-34(58)59)19-17-52(18-20-54(16-14-51)25-35(60)61)23-32(55)45-28-7-9-29(10-8-28)47-39(63)31(11-12-33(56)57)48-38(62)26-3-5-27(6-4-26)43-21-30-22-44-37-36(46-30)40(64)50-41(42)49-37/h3-10,22,31,34,43,58-59H,2,11-21,23-25H2,1H3,(H,45,55)(H,47,63)(H,48,62)(H,56,57)(H,60,61)(H3,42,44,49,50,64). The number of hydrogen-bond acceptors (Lipinski definition) is 17. The number of β-amino-alcohol motifs (C(OH)–C–C–N with tert-alkyl or cyclic N) is 2. The van der Waals surface area contributed by atoms with Crippen molar-refractivity contribution in [3.05, 3.63) is 76.3 Å². The first kappa shape index (κ1) is 48.4. The number of benzene rings is 2. The van der Waals surface area contributed by atoms with Gasteiger partial charge in [-0.15, -0.1) is 0 Å². The summed E-state index contributed by atoms with van der Waals surface area (Å²) in [5, 5.41) is 49.5. The SMILES string of the molecule is CCN1CCN(CC(=O)O)CCN(CC(=O)Nc2ccc(NC(=O)C(CCC(=O)O)NC(=O)c3ccc(NCc4cnc5nc(N)[nH]c(=O)c5n4)cc3)cc2)CCN(CC(O)O)CC1. The Morgan fingerprint density at radius 2 is 1.34 bits per heavy atom. The number of carboxylic acids is 2. The summed E-state index contributed by atoms with van der Waals surface area (Å²) in [4.78, 5) is 97.7. The topological polar surface area (TPSA) is 325 Å². The second kappa shape index (κ2) is 23.7. The predicted molar refractivity (Wildman–Crippen MR) is 235 cm³/mol. The van der Waals surface area contributed by atoms with Gasteiger partial charge in [-0.25, -0.2) is 9.97 Å². The number of aliphatic hydroxyl groups excluding tert-OH is 1. The van der Waals surface area contributed by atoms with Gasteiger partial charge in [-0.3, -0.25) is 48.5 Å². The molecule has 5 rings (SSSR count). The number of likely N-dealkylation sites (N-methyl/N-ethyl adjacent to an activating group) is 1. The molecule has 1 aliphatic rings. The van der Waals surface area contributed by atoms with Crippen LogP contribution in [0.5, 0.6) is 0 Å². The Morgan fingerprint density at radius 3 is 1.94 bits per heavy atom. The molecular weight excluding hydrogens is 835 g/mol. The minimum absolute atomic E-state index is 0.0291. The van der Waals surface area contributed by atoms with Crippen LogP contribution in [0, 0.1) is 0 Å². The highest BCUT2D eigenvalue weighted by molar-refractivity contribution is 6.01. The van der Waals surface area contributed by atoms with Crippen LogP contribution in [0.4, 0.5) is 23.0 Å². The lowest BCUT2D eigenvalue weighted by molar-refractivity contribution is -0.139. The van der Waals surface area contributed by atoms with Gasteiger partial charge in [0.25, 0.3) is 11.5 Å². The second-order valence-electron chi connectivity index (χ2n) is 15.2. The fourth-order valence-electron chi connectivity index (χ4n) is 6.85. The molecular formula is C41H55N13O10. The largest absolute Gasteiger partial charge is 0.481 e. The van der Waals surface area contributed by atoms with Gasteiger partial charge < -0.3 is 52.3 Å². The average Bonchev–Trinajstić information content (AvgIpc) is 3.24. The number of carbonyl (C=O) groups excluding carboxylic acids is 3. The summed E-state index contributed by atoms with van der Waals surface area (Å²) in [5.74, 6) is -3.79. The number of amides is 3. The Hall–Kier alpha value is -6.63. The number of aliphatic carboxylic acids is 2. The number of aromatic amines is 1. The number of nitrogens with zero attached hydrogens (tertiary/aromatic N) is 7. The van der Waals surface area contributed by atoms with Crippen LogP contribution in [0.3, 0.4) is 0 Å². The zero-order valence-electron chi connectivity index (χ0n) is 35.4. The van der Waals surface area contributed by atoms with E-state index in [4.69, 9.17) is 5.73 Å². The molecule has 0 bridgehead atoms. The molecule has 1 aliphatic heterocycles. The molecule has 11 N–H and O–H groups in total. The molecule has 1 atom stereocenters. The maximum atomic E-state index is 13.4. The molecule has 3 amide bonds. The van der Waals surface area contributed by atoms with Gasteiger partial charge in [0, 0.05) is 87.9 Å². The van der Waals surface area contributed by atoms with Crippen LogP contribution in [0.1, 0.15) is 35.8 Å². The monoisotopic (exact) mass is 889 g/mol. The highest BCUT2D eigenvalue weighted by Crippen LogP contribution is 2.16. The van der Waals surface area contributed by atoms with E-state index in [2.05, 4.69) is 46.1 Å². The highest BCUT2D eigenvalue weighted by atomic mass is 16.5. The number of nitrogens with two attached hydrogens (primary N) is 1. The number of carbonyl (C=O) groups is 5. The van der Waals surface area contributed by atoms with E-state index in [1.165, 1.54) is 18.3 Å². The fraction of sp³-hybridized carbons (Fsp3) is 0.439. The Bertz CT molecular complexity index is 2280. The molecule has 23 heteroatoms. The Labute approximate surface area is 367 Å². The molecule has 23 nitrogen and oxygen atoms in total. The van der Waals surface area contributed by atoms with Gasteiger partial charge in [-0.2, -0.15) is 4.98 Å². The molecule has 0 spiro atoms. The second-order valence-corrected chi connectivity index (χ2v) is 15.2. The van der Waals surface area contributed by atoms with Crippen LogP contribution < -0.4 is 32.6 Å². The first-order chi connectivity index (χ1) is 30.6. The van der Waals surface area contributed by atoms with E-state index in [-0.39, 0.29) is 61.2 Å². The first-order valence-corrected chi connectivity index (χ1v) is 20.7. The zero-order valence-corrected chi connectivity index (χ0v) is 35.4. The number of hydrogen-bond donors (Lipinski definition) is 10. The van der Waals surface area contributed by atoms with E-state index in [1.54, 1.807) is 36.4 Å². The molecule has 0 radical (unpaired) electrons. The predicted octanol–water partition coefficient (Wildman–Crippen LogP) is -0.915. The number of aliphatic hydroxyl groups is 2. The molecule has 1 fully saturated rings. The molecule has 1 unspecified atom stereocenters. The Kier molecular flexibility index (Phi) is 17.9. The minimum Gasteiger partial charge on any atom is -0.481 e. The average molecular weight is 890 g/mol. The number of anilines is 4. The van der Waals surface area contributed by atoms with Crippen LogP contribution in [0.15, 0.2) is 59.5 Å². The van der Waals surface area contributed by atoms with Crippen LogP contribution in [-0.2, 0) is 25.7 Å². The van der Waals surface area contributed by atoms with Gasteiger partial charge in [0.2, 0.25) is 17.8 Å². The number of fused-ring (bicyclic) bond motifs is 1. The van der Waals surface area contributed by atoms with Gasteiger partial charge in [0.05, 0.1) is 31.5 Å². The van der Waals surface area contributed by atoms with Crippen LogP contribution >= 0.6 is 0 Å². The van der Waals surface area contributed by atoms with E-state index in [0.29, 0.717) is 75.1 Å². The normalized spacial score (nSPS) is 15.4. The maximum Gasteiger partial charge on any atom is 0.317 e. The van der Waals surface area contributed by atoms with Crippen molar-refractivity contribution >= 4 is 63.8 Å². The molecule has 1 saturated heterocycles. The molecule has 0 saturated carbocycles. The summed E-state index contributed by atoms with van der Waals surface area (Å²) in [6.45, 7) is 6.82. The molecule has 0 aliphatic carbocycles. The summed E-state index contributed by atoms with van der Waals surface area (Å²) < 4.78 is 0. The third kappa shape index (κ3) is 15.6. The zero-order chi connectivity index (χ0) is 46.2.